The molecule has 112 valence electrons. The average Bonchev–Trinajstić information content (AvgIpc) is 2.48. The molecule has 3 rings (SSSR count). The molecule has 22 heavy (non-hydrogen) atoms. The van der Waals surface area contributed by atoms with Gasteiger partial charge in [0.1, 0.15) is 16.4 Å². The molecule has 0 aliphatic heterocycles. The lowest BCUT2D eigenvalue weighted by atomic mass is 10.1. The highest BCUT2D eigenvalue weighted by atomic mass is 79.9. The Morgan fingerprint density at radius 2 is 1.64 bits per heavy atom. The van der Waals surface area contributed by atoms with E-state index < -0.39 is 9.84 Å². The second kappa shape index (κ2) is 5.74. The topological polar surface area (TPSA) is 43.4 Å². The molecule has 0 bridgehead atoms. The molecule has 0 saturated heterocycles. The lowest BCUT2D eigenvalue weighted by molar-refractivity contribution is 0.468. The van der Waals surface area contributed by atoms with Crippen LogP contribution >= 0.6 is 15.9 Å². The number of fused-ring (bicyclic) bond motifs is 1. The first-order valence-corrected chi connectivity index (χ1v) is 9.28. The van der Waals surface area contributed by atoms with Gasteiger partial charge in [0.2, 0.25) is 0 Å². The molecule has 0 aliphatic rings. The molecule has 0 radical (unpaired) electrons. The predicted octanol–water partition coefficient (Wildman–Crippen LogP) is 4.80. The van der Waals surface area contributed by atoms with Crippen molar-refractivity contribution in [1.29, 1.82) is 0 Å². The lowest BCUT2D eigenvalue weighted by Crippen LogP contribution is -2.00. The summed E-state index contributed by atoms with van der Waals surface area (Å²) in [5.74, 6) is 0.923. The first-order chi connectivity index (χ1) is 10.4. The van der Waals surface area contributed by atoms with Crippen molar-refractivity contribution in [3.05, 3.63) is 65.1 Å². The van der Waals surface area contributed by atoms with E-state index in [1.54, 1.807) is 18.2 Å². The minimum Gasteiger partial charge on any atom is -0.456 e. The molecule has 0 heterocycles. The van der Waals surface area contributed by atoms with Gasteiger partial charge in [0.25, 0.3) is 0 Å². The van der Waals surface area contributed by atoms with Gasteiger partial charge >= 0.3 is 0 Å². The molecule has 3 aromatic carbocycles. The molecule has 0 aliphatic carbocycles. The van der Waals surface area contributed by atoms with Gasteiger partial charge in [-0.25, -0.2) is 8.42 Å². The summed E-state index contributed by atoms with van der Waals surface area (Å²) in [7, 11) is -3.37. The Kier molecular flexibility index (Phi) is 3.93. The first-order valence-electron chi connectivity index (χ1n) is 6.60. The minimum absolute atomic E-state index is 0.162. The summed E-state index contributed by atoms with van der Waals surface area (Å²) in [4.78, 5) is 0.162. The quantitative estimate of drug-likeness (QED) is 0.659. The summed E-state index contributed by atoms with van der Waals surface area (Å²) < 4.78 is 30.3. The highest BCUT2D eigenvalue weighted by Crippen LogP contribution is 2.32. The van der Waals surface area contributed by atoms with E-state index in [4.69, 9.17) is 4.74 Å². The standard InChI is InChI=1S/C17H13BrO3S/c1-22(19,20)17-11-14(18)7-9-16(17)21-15-8-6-12-4-2-3-5-13(12)10-15/h2-11H,1H3. The summed E-state index contributed by atoms with van der Waals surface area (Å²) in [6.07, 6.45) is 1.17. The van der Waals surface area contributed by atoms with Crippen LogP contribution in [0.15, 0.2) is 70.0 Å². The monoisotopic (exact) mass is 376 g/mol. The number of sulfone groups is 1. The number of halogens is 1. The SMILES string of the molecule is CS(=O)(=O)c1cc(Br)ccc1Oc1ccc2ccccc2c1. The van der Waals surface area contributed by atoms with Crippen molar-refractivity contribution in [2.45, 2.75) is 4.90 Å². The molecule has 0 fully saturated rings. The van der Waals surface area contributed by atoms with Crippen molar-refractivity contribution in [3.8, 4) is 11.5 Å². The van der Waals surface area contributed by atoms with Gasteiger partial charge < -0.3 is 4.74 Å². The summed E-state index contributed by atoms with van der Waals surface area (Å²) in [6, 6.07) is 18.5. The summed E-state index contributed by atoms with van der Waals surface area (Å²) >= 11 is 3.29. The van der Waals surface area contributed by atoms with Gasteiger partial charge in [0, 0.05) is 10.7 Å². The summed E-state index contributed by atoms with van der Waals surface area (Å²) in [5.41, 5.74) is 0. The first kappa shape index (κ1) is 15.1. The van der Waals surface area contributed by atoms with Gasteiger partial charge in [-0.3, -0.25) is 0 Å². The van der Waals surface area contributed by atoms with Crippen molar-refractivity contribution in [1.82, 2.24) is 0 Å². The maximum absolute atomic E-state index is 11.9. The number of hydrogen-bond acceptors (Lipinski definition) is 3. The fourth-order valence-electron chi connectivity index (χ4n) is 2.21. The second-order valence-corrected chi connectivity index (χ2v) is 7.87. The molecule has 0 atom stereocenters. The maximum atomic E-state index is 11.9. The van der Waals surface area contributed by atoms with Gasteiger partial charge in [0.15, 0.2) is 9.84 Å². The average molecular weight is 377 g/mol. The highest BCUT2D eigenvalue weighted by molar-refractivity contribution is 9.10. The van der Waals surface area contributed by atoms with E-state index >= 15 is 0 Å². The fourth-order valence-corrected chi connectivity index (χ4v) is 3.54. The van der Waals surface area contributed by atoms with Crippen LogP contribution in [0.4, 0.5) is 0 Å². The van der Waals surface area contributed by atoms with Crippen LogP contribution in [0, 0.1) is 0 Å². The smallest absolute Gasteiger partial charge is 0.179 e. The molecule has 0 saturated carbocycles. The van der Waals surface area contributed by atoms with E-state index in [1.807, 2.05) is 42.5 Å². The fraction of sp³-hybridized carbons (Fsp3) is 0.0588. The van der Waals surface area contributed by atoms with Crippen LogP contribution in [0.25, 0.3) is 10.8 Å². The molecule has 0 N–H and O–H groups in total. The van der Waals surface area contributed by atoms with Gasteiger partial charge in [-0.1, -0.05) is 46.3 Å². The summed E-state index contributed by atoms with van der Waals surface area (Å²) in [5, 5.41) is 2.15. The van der Waals surface area contributed by atoms with E-state index in [2.05, 4.69) is 15.9 Å². The Balaban J connectivity index is 2.05. The van der Waals surface area contributed by atoms with E-state index in [1.165, 1.54) is 6.26 Å². The molecule has 3 aromatic rings. The lowest BCUT2D eigenvalue weighted by Gasteiger charge is -2.11. The van der Waals surface area contributed by atoms with E-state index in [-0.39, 0.29) is 4.90 Å². The third kappa shape index (κ3) is 3.15. The third-order valence-electron chi connectivity index (χ3n) is 3.25. The van der Waals surface area contributed by atoms with Crippen molar-refractivity contribution in [2.75, 3.05) is 6.26 Å². The Morgan fingerprint density at radius 3 is 2.36 bits per heavy atom. The van der Waals surface area contributed by atoms with Crippen LogP contribution in [0.3, 0.4) is 0 Å². The number of benzene rings is 3. The van der Waals surface area contributed by atoms with Crippen LogP contribution in [0.1, 0.15) is 0 Å². The zero-order valence-electron chi connectivity index (χ0n) is 11.8. The van der Waals surface area contributed by atoms with E-state index in [0.29, 0.717) is 16.0 Å². The maximum Gasteiger partial charge on any atom is 0.179 e. The largest absolute Gasteiger partial charge is 0.456 e. The number of ether oxygens (including phenoxy) is 1. The normalized spacial score (nSPS) is 11.5. The van der Waals surface area contributed by atoms with Gasteiger partial charge in [-0.15, -0.1) is 0 Å². The van der Waals surface area contributed by atoms with Crippen molar-refractivity contribution in [2.24, 2.45) is 0 Å². The van der Waals surface area contributed by atoms with Crippen LogP contribution in [-0.4, -0.2) is 14.7 Å². The van der Waals surface area contributed by atoms with Gasteiger partial charge in [0.05, 0.1) is 0 Å². The Morgan fingerprint density at radius 1 is 0.909 bits per heavy atom. The molecular weight excluding hydrogens is 364 g/mol. The van der Waals surface area contributed by atoms with E-state index in [0.717, 1.165) is 10.8 Å². The second-order valence-electron chi connectivity index (χ2n) is 4.97. The van der Waals surface area contributed by atoms with E-state index in [9.17, 15) is 8.42 Å². The van der Waals surface area contributed by atoms with Gasteiger partial charge in [-0.05, 0) is 41.1 Å². The molecule has 0 amide bonds. The van der Waals surface area contributed by atoms with Crippen LogP contribution < -0.4 is 4.74 Å². The van der Waals surface area contributed by atoms with Gasteiger partial charge in [-0.2, -0.15) is 0 Å². The summed E-state index contributed by atoms with van der Waals surface area (Å²) in [6.45, 7) is 0. The molecule has 5 heteroatoms. The highest BCUT2D eigenvalue weighted by Gasteiger charge is 2.16. The molecule has 0 aromatic heterocycles. The third-order valence-corrected chi connectivity index (χ3v) is 4.87. The number of rotatable bonds is 3. The molecule has 0 spiro atoms. The van der Waals surface area contributed by atoms with Crippen molar-refractivity contribution in [3.63, 3.8) is 0 Å². The number of hydrogen-bond donors (Lipinski definition) is 0. The predicted molar refractivity (Wildman–Crippen MR) is 91.3 cm³/mol. The Hall–Kier alpha value is -1.85. The zero-order valence-corrected chi connectivity index (χ0v) is 14.2. The van der Waals surface area contributed by atoms with Crippen molar-refractivity contribution < 1.29 is 13.2 Å². The molecular formula is C17H13BrO3S. The van der Waals surface area contributed by atoms with Crippen molar-refractivity contribution >= 4 is 36.5 Å². The van der Waals surface area contributed by atoms with Crippen LogP contribution in [0.5, 0.6) is 11.5 Å². The Bertz CT molecular complexity index is 949. The molecule has 0 unspecified atom stereocenters. The van der Waals surface area contributed by atoms with Crippen LogP contribution in [-0.2, 0) is 9.84 Å². The molecule has 3 nitrogen and oxygen atoms in total. The zero-order chi connectivity index (χ0) is 15.7. The minimum atomic E-state index is -3.37. The Labute approximate surface area is 137 Å². The van der Waals surface area contributed by atoms with Crippen LogP contribution in [0.2, 0.25) is 0 Å².